The molecule has 5 nitrogen and oxygen atoms in total. The molecule has 0 saturated heterocycles. The van der Waals surface area contributed by atoms with Crippen LogP contribution < -0.4 is 5.32 Å². The number of rotatable bonds is 4. The van der Waals surface area contributed by atoms with Crippen molar-refractivity contribution in [3.8, 4) is 0 Å². The van der Waals surface area contributed by atoms with Crippen molar-refractivity contribution in [2.75, 3.05) is 5.32 Å². The summed E-state index contributed by atoms with van der Waals surface area (Å²) in [5, 5.41) is 2.75. The second kappa shape index (κ2) is 8.01. The van der Waals surface area contributed by atoms with E-state index in [1.165, 1.54) is 0 Å². The molecule has 0 aromatic heterocycles. The number of hydrogen-bond acceptors (Lipinski definition) is 4. The number of nitrogens with one attached hydrogen (secondary N) is 1. The Hall–Kier alpha value is -3.25. The lowest BCUT2D eigenvalue weighted by Gasteiger charge is -2.24. The Morgan fingerprint density at radius 3 is 2.48 bits per heavy atom. The van der Waals surface area contributed by atoms with Crippen molar-refractivity contribution >= 4 is 39.3 Å². The smallest absolute Gasteiger partial charge is 0.339 e. The highest BCUT2D eigenvalue weighted by molar-refractivity contribution is 9.10. The molecule has 1 heterocycles. The summed E-state index contributed by atoms with van der Waals surface area (Å²) in [7, 11) is 0. The van der Waals surface area contributed by atoms with Crippen LogP contribution in [0.15, 0.2) is 77.3 Å². The van der Waals surface area contributed by atoms with Gasteiger partial charge >= 0.3 is 5.97 Å². The summed E-state index contributed by atoms with van der Waals surface area (Å²) in [6.07, 6.45) is -0.674. The number of carbonyl (C=O) groups excluding carboxylic acids is 3. The van der Waals surface area contributed by atoms with Crippen molar-refractivity contribution in [3.05, 3.63) is 99.5 Å². The summed E-state index contributed by atoms with van der Waals surface area (Å²) in [6.45, 7) is 0. The summed E-state index contributed by atoms with van der Waals surface area (Å²) in [5.41, 5.74) is 2.46. The molecule has 1 aliphatic heterocycles. The topological polar surface area (TPSA) is 72.5 Å². The maximum absolute atomic E-state index is 12.9. The van der Waals surface area contributed by atoms with Gasteiger partial charge in [-0.15, -0.1) is 0 Å². The summed E-state index contributed by atoms with van der Waals surface area (Å²) >= 11 is 3.37. The molecule has 6 heteroatoms. The first-order valence-corrected chi connectivity index (χ1v) is 9.81. The number of hydrogen-bond donors (Lipinski definition) is 1. The van der Waals surface area contributed by atoms with Crippen LogP contribution in [-0.4, -0.2) is 23.8 Å². The van der Waals surface area contributed by atoms with Gasteiger partial charge in [-0.25, -0.2) is 4.79 Å². The van der Waals surface area contributed by atoms with Gasteiger partial charge in [0.25, 0.3) is 5.91 Å². The molecule has 4 rings (SSSR count). The van der Waals surface area contributed by atoms with E-state index in [4.69, 9.17) is 4.74 Å². The zero-order chi connectivity index (χ0) is 20.4. The quantitative estimate of drug-likeness (QED) is 0.473. The molecule has 3 aromatic carbocycles. The Bertz CT molecular complexity index is 1110. The van der Waals surface area contributed by atoms with E-state index in [1.807, 2.05) is 12.1 Å². The van der Waals surface area contributed by atoms with Crippen LogP contribution in [0.25, 0.3) is 0 Å². The third-order valence-corrected chi connectivity index (χ3v) is 5.20. The van der Waals surface area contributed by atoms with Gasteiger partial charge in [0.1, 0.15) is 0 Å². The normalized spacial score (nSPS) is 15.2. The Morgan fingerprint density at radius 1 is 0.966 bits per heavy atom. The molecular weight excluding hydrogens is 434 g/mol. The average Bonchev–Trinajstić information content (AvgIpc) is 2.75. The lowest BCUT2D eigenvalue weighted by Crippen LogP contribution is -2.38. The molecule has 0 bridgehead atoms. The number of anilines is 1. The van der Waals surface area contributed by atoms with Gasteiger partial charge in [-0.1, -0.05) is 64.5 Å². The lowest BCUT2D eigenvalue weighted by atomic mass is 9.98. The maximum atomic E-state index is 12.9. The van der Waals surface area contributed by atoms with E-state index in [0.717, 1.165) is 5.56 Å². The second-order valence-electron chi connectivity index (χ2n) is 6.63. The monoisotopic (exact) mass is 449 g/mol. The van der Waals surface area contributed by atoms with Gasteiger partial charge in [0.2, 0.25) is 0 Å². The van der Waals surface area contributed by atoms with Crippen LogP contribution in [0.5, 0.6) is 0 Å². The van der Waals surface area contributed by atoms with E-state index in [9.17, 15) is 14.4 Å². The molecule has 0 aliphatic carbocycles. The molecule has 0 saturated carbocycles. The average molecular weight is 450 g/mol. The van der Waals surface area contributed by atoms with Crippen LogP contribution in [0.1, 0.15) is 31.8 Å². The van der Waals surface area contributed by atoms with E-state index in [-0.39, 0.29) is 12.2 Å². The molecule has 3 aromatic rings. The van der Waals surface area contributed by atoms with Crippen molar-refractivity contribution in [1.82, 2.24) is 0 Å². The van der Waals surface area contributed by atoms with Gasteiger partial charge in [0, 0.05) is 22.0 Å². The molecule has 29 heavy (non-hydrogen) atoms. The molecule has 1 unspecified atom stereocenters. The standard InChI is InChI=1S/C23H16BrNO4/c24-16-10-11-19(18(13-16)21(26)14-6-2-1-3-7-14)25-22(27)20-12-15-8-4-5-9-17(15)23(28)29-20/h1-11,13,20H,12H2,(H,25,27). The number of ketones is 1. The zero-order valence-electron chi connectivity index (χ0n) is 15.2. The molecule has 1 N–H and O–H groups in total. The van der Waals surface area contributed by atoms with Crippen molar-refractivity contribution in [2.45, 2.75) is 12.5 Å². The first kappa shape index (κ1) is 19.1. The number of benzene rings is 3. The predicted molar refractivity (Wildman–Crippen MR) is 112 cm³/mol. The summed E-state index contributed by atoms with van der Waals surface area (Å²) in [5.74, 6) is -1.21. The van der Waals surface area contributed by atoms with E-state index in [0.29, 0.717) is 26.9 Å². The largest absolute Gasteiger partial charge is 0.448 e. The van der Waals surface area contributed by atoms with Gasteiger partial charge in [-0.05, 0) is 29.8 Å². The number of cyclic esters (lactones) is 1. The number of carbonyl (C=O) groups is 3. The molecule has 0 fully saturated rings. The fourth-order valence-electron chi connectivity index (χ4n) is 3.25. The molecular formula is C23H16BrNO4. The molecule has 1 aliphatic rings. The van der Waals surface area contributed by atoms with Crippen LogP contribution in [0.2, 0.25) is 0 Å². The lowest BCUT2D eigenvalue weighted by molar-refractivity contribution is -0.125. The Labute approximate surface area is 175 Å². The number of fused-ring (bicyclic) bond motifs is 1. The minimum Gasteiger partial charge on any atom is -0.448 e. The highest BCUT2D eigenvalue weighted by atomic mass is 79.9. The number of amides is 1. The Balaban J connectivity index is 1.59. The van der Waals surface area contributed by atoms with Crippen LogP contribution in [-0.2, 0) is 16.0 Å². The SMILES string of the molecule is O=C1OC(C(=O)Nc2ccc(Br)cc2C(=O)c2ccccc2)Cc2ccccc21. The van der Waals surface area contributed by atoms with Crippen molar-refractivity contribution < 1.29 is 19.1 Å². The third kappa shape index (κ3) is 3.98. The highest BCUT2D eigenvalue weighted by Crippen LogP contribution is 2.26. The van der Waals surface area contributed by atoms with Crippen LogP contribution in [0.4, 0.5) is 5.69 Å². The Kier molecular flexibility index (Phi) is 5.27. The van der Waals surface area contributed by atoms with E-state index >= 15 is 0 Å². The summed E-state index contributed by atoms with van der Waals surface area (Å²) in [4.78, 5) is 37.9. The second-order valence-corrected chi connectivity index (χ2v) is 7.55. The van der Waals surface area contributed by atoms with Gasteiger partial charge < -0.3 is 10.1 Å². The first-order valence-electron chi connectivity index (χ1n) is 9.02. The molecule has 1 amide bonds. The van der Waals surface area contributed by atoms with Crippen LogP contribution in [0, 0.1) is 0 Å². The maximum Gasteiger partial charge on any atom is 0.339 e. The highest BCUT2D eigenvalue weighted by Gasteiger charge is 2.31. The van der Waals surface area contributed by atoms with Gasteiger partial charge in [0.05, 0.1) is 11.3 Å². The van der Waals surface area contributed by atoms with E-state index in [1.54, 1.807) is 60.7 Å². The third-order valence-electron chi connectivity index (χ3n) is 4.70. The van der Waals surface area contributed by atoms with Gasteiger partial charge in [-0.2, -0.15) is 0 Å². The fourth-order valence-corrected chi connectivity index (χ4v) is 3.61. The van der Waals surface area contributed by atoms with Crippen molar-refractivity contribution in [1.29, 1.82) is 0 Å². The zero-order valence-corrected chi connectivity index (χ0v) is 16.8. The van der Waals surface area contributed by atoms with Crippen molar-refractivity contribution in [2.24, 2.45) is 0 Å². The van der Waals surface area contributed by atoms with Crippen LogP contribution >= 0.6 is 15.9 Å². The van der Waals surface area contributed by atoms with E-state index < -0.39 is 18.0 Å². The molecule has 0 spiro atoms. The molecule has 0 radical (unpaired) electrons. The Morgan fingerprint density at radius 2 is 1.69 bits per heavy atom. The fraction of sp³-hybridized carbons (Fsp3) is 0.0870. The van der Waals surface area contributed by atoms with Gasteiger partial charge in [-0.3, -0.25) is 9.59 Å². The number of ether oxygens (including phenoxy) is 1. The van der Waals surface area contributed by atoms with Gasteiger partial charge in [0.15, 0.2) is 11.9 Å². The van der Waals surface area contributed by atoms with Crippen molar-refractivity contribution in [3.63, 3.8) is 0 Å². The first-order chi connectivity index (χ1) is 14.0. The minimum atomic E-state index is -0.958. The summed E-state index contributed by atoms with van der Waals surface area (Å²) in [6, 6.07) is 20.9. The molecule has 1 atom stereocenters. The molecule has 144 valence electrons. The van der Waals surface area contributed by atoms with E-state index in [2.05, 4.69) is 21.2 Å². The summed E-state index contributed by atoms with van der Waals surface area (Å²) < 4.78 is 6.03. The predicted octanol–water partition coefficient (Wildman–Crippen LogP) is 4.40. The number of halogens is 1. The minimum absolute atomic E-state index is 0.215. The van der Waals surface area contributed by atoms with Crippen LogP contribution in [0.3, 0.4) is 0 Å². The number of esters is 1.